The lowest BCUT2D eigenvalue weighted by Crippen LogP contribution is -2.55. The highest BCUT2D eigenvalue weighted by atomic mass is 16.5. The van der Waals surface area contributed by atoms with E-state index in [1.165, 1.54) is 12.8 Å². The number of carbonyl (C=O) groups excluding carboxylic acids is 1. The molecule has 0 spiro atoms. The van der Waals surface area contributed by atoms with Crippen molar-refractivity contribution in [1.29, 1.82) is 0 Å². The molecule has 23 heavy (non-hydrogen) atoms. The van der Waals surface area contributed by atoms with Crippen LogP contribution in [0.25, 0.3) is 0 Å². The predicted molar refractivity (Wildman–Crippen MR) is 88.2 cm³/mol. The van der Waals surface area contributed by atoms with Crippen molar-refractivity contribution in [2.75, 3.05) is 32.8 Å². The number of hydrogen-bond donors (Lipinski definition) is 1. The molecule has 3 rings (SSSR count). The summed E-state index contributed by atoms with van der Waals surface area (Å²) in [5.74, 6) is 0.148. The van der Waals surface area contributed by atoms with Crippen LogP contribution in [0.1, 0.15) is 37.8 Å². The Bertz CT molecular complexity index is 516. The lowest BCUT2D eigenvalue weighted by molar-refractivity contribution is -0.123. The number of ether oxygens (including phenoxy) is 1. The first-order chi connectivity index (χ1) is 11.2. The lowest BCUT2D eigenvalue weighted by atomic mass is 9.96. The third-order valence-corrected chi connectivity index (χ3v) is 5.07. The number of nitrogens with one attached hydrogen (secondary N) is 1. The van der Waals surface area contributed by atoms with Crippen LogP contribution >= 0.6 is 0 Å². The fourth-order valence-corrected chi connectivity index (χ4v) is 3.76. The highest BCUT2D eigenvalue weighted by Gasteiger charge is 2.37. The van der Waals surface area contributed by atoms with Gasteiger partial charge in [-0.25, -0.2) is 0 Å². The number of aryl methyl sites for hydroxylation is 2. The summed E-state index contributed by atoms with van der Waals surface area (Å²) in [7, 11) is 0. The molecule has 0 unspecified atom stereocenters. The van der Waals surface area contributed by atoms with Crippen LogP contribution in [-0.2, 0) is 16.1 Å². The zero-order chi connectivity index (χ0) is 16.1. The van der Waals surface area contributed by atoms with Crippen molar-refractivity contribution in [3.63, 3.8) is 0 Å². The number of amides is 1. The molecule has 1 aromatic rings. The van der Waals surface area contributed by atoms with E-state index in [0.717, 1.165) is 51.4 Å². The van der Waals surface area contributed by atoms with Crippen LogP contribution in [0.5, 0.6) is 0 Å². The molecular formula is C17H28N4O2. The molecule has 0 bridgehead atoms. The molecular weight excluding hydrogens is 292 g/mol. The van der Waals surface area contributed by atoms with E-state index in [0.29, 0.717) is 13.0 Å². The number of aromatic nitrogens is 2. The molecule has 0 aromatic carbocycles. The number of hydrogen-bond acceptors (Lipinski definition) is 4. The summed E-state index contributed by atoms with van der Waals surface area (Å²) >= 11 is 0. The van der Waals surface area contributed by atoms with E-state index in [9.17, 15) is 4.79 Å². The highest BCUT2D eigenvalue weighted by molar-refractivity contribution is 5.76. The van der Waals surface area contributed by atoms with Crippen LogP contribution in [0.3, 0.4) is 0 Å². The molecule has 6 nitrogen and oxygen atoms in total. The fraction of sp³-hybridized carbons (Fsp3) is 0.765. The van der Waals surface area contributed by atoms with Crippen LogP contribution in [0, 0.1) is 6.92 Å². The van der Waals surface area contributed by atoms with Crippen molar-refractivity contribution in [3.05, 3.63) is 18.0 Å². The van der Waals surface area contributed by atoms with Gasteiger partial charge in [0.05, 0.1) is 18.8 Å². The van der Waals surface area contributed by atoms with Crippen LogP contribution in [0.2, 0.25) is 0 Å². The molecule has 2 fully saturated rings. The lowest BCUT2D eigenvalue weighted by Gasteiger charge is -2.37. The van der Waals surface area contributed by atoms with Gasteiger partial charge in [-0.1, -0.05) is 12.8 Å². The molecule has 1 N–H and O–H groups in total. The minimum Gasteiger partial charge on any atom is -0.379 e. The number of nitrogens with zero attached hydrogens (tertiary/aromatic N) is 3. The first kappa shape index (κ1) is 16.5. The second-order valence-corrected chi connectivity index (χ2v) is 6.87. The first-order valence-electron chi connectivity index (χ1n) is 8.76. The summed E-state index contributed by atoms with van der Waals surface area (Å²) < 4.78 is 7.32. The van der Waals surface area contributed by atoms with E-state index < -0.39 is 0 Å². The van der Waals surface area contributed by atoms with E-state index in [4.69, 9.17) is 4.74 Å². The molecule has 2 aliphatic rings. The summed E-state index contributed by atoms with van der Waals surface area (Å²) in [6, 6.07) is 1.97. The molecule has 1 saturated carbocycles. The topological polar surface area (TPSA) is 59.4 Å². The van der Waals surface area contributed by atoms with Crippen molar-refractivity contribution in [2.24, 2.45) is 0 Å². The minimum atomic E-state index is -0.0341. The second-order valence-electron chi connectivity index (χ2n) is 6.87. The smallest absolute Gasteiger partial charge is 0.222 e. The molecule has 6 heteroatoms. The normalized spacial score (nSPS) is 21.4. The molecule has 2 heterocycles. The van der Waals surface area contributed by atoms with Crippen LogP contribution < -0.4 is 5.32 Å². The molecule has 0 atom stereocenters. The maximum absolute atomic E-state index is 12.5. The summed E-state index contributed by atoms with van der Waals surface area (Å²) in [5, 5.41) is 7.60. The van der Waals surface area contributed by atoms with Gasteiger partial charge in [-0.3, -0.25) is 14.4 Å². The Labute approximate surface area is 138 Å². The van der Waals surface area contributed by atoms with Crippen LogP contribution in [-0.4, -0.2) is 59.0 Å². The second kappa shape index (κ2) is 7.45. The zero-order valence-corrected chi connectivity index (χ0v) is 14.1. The zero-order valence-electron chi connectivity index (χ0n) is 14.1. The molecule has 0 radical (unpaired) electrons. The van der Waals surface area contributed by atoms with E-state index in [-0.39, 0.29) is 11.4 Å². The third kappa shape index (κ3) is 4.32. The Morgan fingerprint density at radius 2 is 2.09 bits per heavy atom. The SMILES string of the molecule is Cc1ccnn1CCC(=O)NC1(CN2CCOCC2)CCCC1. The monoisotopic (exact) mass is 320 g/mol. The largest absolute Gasteiger partial charge is 0.379 e. The Morgan fingerprint density at radius 1 is 1.35 bits per heavy atom. The number of morpholine rings is 1. The van der Waals surface area contributed by atoms with Crippen molar-refractivity contribution >= 4 is 5.91 Å². The van der Waals surface area contributed by atoms with E-state index in [2.05, 4.69) is 15.3 Å². The minimum absolute atomic E-state index is 0.0341. The van der Waals surface area contributed by atoms with Gasteiger partial charge in [0, 0.05) is 44.5 Å². The van der Waals surface area contributed by atoms with E-state index in [1.807, 2.05) is 17.7 Å². The Morgan fingerprint density at radius 3 is 2.74 bits per heavy atom. The van der Waals surface area contributed by atoms with E-state index in [1.54, 1.807) is 6.20 Å². The average Bonchev–Trinajstić information content (AvgIpc) is 3.16. The van der Waals surface area contributed by atoms with Crippen molar-refractivity contribution in [2.45, 2.75) is 51.1 Å². The maximum Gasteiger partial charge on any atom is 0.222 e. The Balaban J connectivity index is 1.53. The molecule has 1 aliphatic carbocycles. The Hall–Kier alpha value is -1.40. The summed E-state index contributed by atoms with van der Waals surface area (Å²) in [5.41, 5.74) is 1.06. The van der Waals surface area contributed by atoms with Gasteiger partial charge in [0.25, 0.3) is 0 Å². The van der Waals surface area contributed by atoms with Crippen LogP contribution in [0.4, 0.5) is 0 Å². The molecule has 1 aromatic heterocycles. The summed E-state index contributed by atoms with van der Waals surface area (Å²) in [4.78, 5) is 14.9. The quantitative estimate of drug-likeness (QED) is 0.859. The Kier molecular flexibility index (Phi) is 5.33. The highest BCUT2D eigenvalue weighted by Crippen LogP contribution is 2.31. The third-order valence-electron chi connectivity index (χ3n) is 5.07. The molecule has 1 aliphatic heterocycles. The summed E-state index contributed by atoms with van der Waals surface area (Å²) in [6.07, 6.45) is 6.89. The first-order valence-corrected chi connectivity index (χ1v) is 8.76. The van der Waals surface area contributed by atoms with Crippen molar-refractivity contribution in [3.8, 4) is 0 Å². The molecule has 128 valence electrons. The van der Waals surface area contributed by atoms with Gasteiger partial charge in [-0.15, -0.1) is 0 Å². The fourth-order valence-electron chi connectivity index (χ4n) is 3.76. The van der Waals surface area contributed by atoms with Gasteiger partial charge >= 0.3 is 0 Å². The van der Waals surface area contributed by atoms with Gasteiger partial charge in [0.2, 0.25) is 5.91 Å². The average molecular weight is 320 g/mol. The van der Waals surface area contributed by atoms with Gasteiger partial charge in [-0.05, 0) is 25.8 Å². The summed E-state index contributed by atoms with van der Waals surface area (Å²) in [6.45, 7) is 7.20. The van der Waals surface area contributed by atoms with Crippen molar-refractivity contribution < 1.29 is 9.53 Å². The number of rotatable bonds is 6. The maximum atomic E-state index is 12.5. The van der Waals surface area contributed by atoms with E-state index >= 15 is 0 Å². The molecule has 1 saturated heterocycles. The van der Waals surface area contributed by atoms with Gasteiger partial charge in [-0.2, -0.15) is 5.10 Å². The van der Waals surface area contributed by atoms with Gasteiger partial charge in [0.15, 0.2) is 0 Å². The predicted octanol–water partition coefficient (Wildman–Crippen LogP) is 1.34. The number of carbonyl (C=O) groups is 1. The standard InChI is InChI=1S/C17H28N4O2/c1-15-4-8-18-21(15)9-5-16(22)19-17(6-2-3-7-17)14-20-10-12-23-13-11-20/h4,8H,2-3,5-7,9-14H2,1H3,(H,19,22). The van der Waals surface area contributed by atoms with Gasteiger partial charge < -0.3 is 10.1 Å². The molecule has 1 amide bonds. The van der Waals surface area contributed by atoms with Crippen LogP contribution in [0.15, 0.2) is 12.3 Å². The van der Waals surface area contributed by atoms with Gasteiger partial charge in [0.1, 0.15) is 0 Å². The van der Waals surface area contributed by atoms with Crippen molar-refractivity contribution in [1.82, 2.24) is 20.0 Å².